The number of hydrogen-bond acceptors (Lipinski definition) is 5. The first-order valence-electron chi connectivity index (χ1n) is 7.62. The van der Waals surface area contributed by atoms with Crippen LogP contribution < -0.4 is 10.0 Å². The second-order valence-corrected chi connectivity index (χ2v) is 9.75. The molecule has 9 heteroatoms. The molecule has 1 atom stereocenters. The highest BCUT2D eigenvalue weighted by Gasteiger charge is 2.31. The van der Waals surface area contributed by atoms with Gasteiger partial charge < -0.3 is 5.32 Å². The first kappa shape index (κ1) is 16.8. The molecule has 1 saturated heterocycles. The molecule has 1 heterocycles. The fourth-order valence-corrected chi connectivity index (χ4v) is 5.28. The van der Waals surface area contributed by atoms with Gasteiger partial charge in [0.1, 0.15) is 0 Å². The van der Waals surface area contributed by atoms with Crippen molar-refractivity contribution < 1.29 is 16.8 Å². The topological polar surface area (TPSA) is 95.6 Å². The quantitative estimate of drug-likeness (QED) is 0.752. The summed E-state index contributed by atoms with van der Waals surface area (Å²) in [4.78, 5) is 0.200. The first-order chi connectivity index (χ1) is 10.8. The molecule has 7 nitrogen and oxygen atoms in total. The molecule has 1 saturated carbocycles. The minimum atomic E-state index is -3.62. The van der Waals surface area contributed by atoms with Crippen molar-refractivity contribution in [3.8, 4) is 0 Å². The van der Waals surface area contributed by atoms with Crippen molar-refractivity contribution in [2.24, 2.45) is 0 Å². The normalized spacial score (nSPS) is 22.6. The predicted molar refractivity (Wildman–Crippen MR) is 86.0 cm³/mol. The molecule has 3 rings (SSSR count). The van der Waals surface area contributed by atoms with Crippen molar-refractivity contribution in [1.29, 1.82) is 0 Å². The van der Waals surface area contributed by atoms with E-state index in [0.717, 1.165) is 25.8 Å². The lowest BCUT2D eigenvalue weighted by molar-refractivity contribution is 0.387. The van der Waals surface area contributed by atoms with Gasteiger partial charge in [0.2, 0.25) is 20.0 Å². The number of likely N-dealkylation sites (N-methyl/N-ethyl adjacent to an activating group) is 1. The monoisotopic (exact) mass is 359 g/mol. The lowest BCUT2D eigenvalue weighted by atomic mass is 10.3. The second-order valence-electron chi connectivity index (χ2n) is 6.03. The Labute approximate surface area is 137 Å². The van der Waals surface area contributed by atoms with E-state index < -0.39 is 20.0 Å². The lowest BCUT2D eigenvalue weighted by Crippen LogP contribution is -2.38. The molecule has 2 aliphatic rings. The lowest BCUT2D eigenvalue weighted by Gasteiger charge is -2.23. The van der Waals surface area contributed by atoms with Crippen LogP contribution in [-0.2, 0) is 20.0 Å². The van der Waals surface area contributed by atoms with Gasteiger partial charge in [-0.05, 0) is 50.1 Å². The van der Waals surface area contributed by atoms with E-state index in [1.807, 2.05) is 0 Å². The molecular weight excluding hydrogens is 338 g/mol. The Morgan fingerprint density at radius 3 is 2.17 bits per heavy atom. The molecule has 0 amide bonds. The standard InChI is InChI=1S/C14H21N3O4S2/c1-17(12-8-9-15-10-12)23(20,21)14-6-4-13(5-7-14)22(18,19)16-11-2-3-11/h4-7,11-12,15-16H,2-3,8-10H2,1H3. The van der Waals surface area contributed by atoms with Gasteiger partial charge in [0.05, 0.1) is 9.79 Å². The zero-order valence-electron chi connectivity index (χ0n) is 12.9. The summed E-state index contributed by atoms with van der Waals surface area (Å²) >= 11 is 0. The zero-order valence-corrected chi connectivity index (χ0v) is 14.5. The van der Waals surface area contributed by atoms with Crippen molar-refractivity contribution in [2.75, 3.05) is 20.1 Å². The minimum absolute atomic E-state index is 0.0180. The Bertz CT molecular complexity index is 765. The van der Waals surface area contributed by atoms with Crippen molar-refractivity contribution in [2.45, 2.75) is 41.1 Å². The molecule has 0 spiro atoms. The van der Waals surface area contributed by atoms with Crippen LogP contribution in [0.25, 0.3) is 0 Å². The molecule has 1 unspecified atom stereocenters. The van der Waals surface area contributed by atoms with E-state index >= 15 is 0 Å². The van der Waals surface area contributed by atoms with E-state index in [1.54, 1.807) is 7.05 Å². The summed E-state index contributed by atoms with van der Waals surface area (Å²) in [5.74, 6) is 0. The van der Waals surface area contributed by atoms with Crippen LogP contribution >= 0.6 is 0 Å². The molecular formula is C14H21N3O4S2. The largest absolute Gasteiger partial charge is 0.315 e. The number of nitrogens with one attached hydrogen (secondary N) is 2. The Hall–Kier alpha value is -1.00. The van der Waals surface area contributed by atoms with Crippen molar-refractivity contribution in [3.63, 3.8) is 0 Å². The highest BCUT2D eigenvalue weighted by atomic mass is 32.2. The van der Waals surface area contributed by atoms with Crippen LogP contribution in [0.1, 0.15) is 19.3 Å². The van der Waals surface area contributed by atoms with Gasteiger partial charge in [-0.1, -0.05) is 0 Å². The van der Waals surface area contributed by atoms with Gasteiger partial charge in [-0.2, -0.15) is 4.31 Å². The molecule has 2 fully saturated rings. The van der Waals surface area contributed by atoms with Crippen LogP contribution in [0.2, 0.25) is 0 Å². The van der Waals surface area contributed by atoms with Crippen molar-refractivity contribution in [3.05, 3.63) is 24.3 Å². The SMILES string of the molecule is CN(C1CCNC1)S(=O)(=O)c1ccc(S(=O)(=O)NC2CC2)cc1. The summed E-state index contributed by atoms with van der Waals surface area (Å²) in [5.41, 5.74) is 0. The molecule has 1 aromatic rings. The minimum Gasteiger partial charge on any atom is -0.315 e. The van der Waals surface area contributed by atoms with Gasteiger partial charge in [-0.3, -0.25) is 0 Å². The van der Waals surface area contributed by atoms with Gasteiger partial charge in [0.25, 0.3) is 0 Å². The summed E-state index contributed by atoms with van der Waals surface area (Å²) < 4.78 is 53.4. The molecule has 0 radical (unpaired) electrons. The molecule has 2 N–H and O–H groups in total. The summed E-state index contributed by atoms with van der Waals surface area (Å²) in [6.07, 6.45) is 2.48. The van der Waals surface area contributed by atoms with Crippen LogP contribution in [0, 0.1) is 0 Å². The van der Waals surface area contributed by atoms with Crippen LogP contribution in [0.4, 0.5) is 0 Å². The molecule has 23 heavy (non-hydrogen) atoms. The van der Waals surface area contributed by atoms with Crippen molar-refractivity contribution >= 4 is 20.0 Å². The van der Waals surface area contributed by atoms with Gasteiger partial charge >= 0.3 is 0 Å². The van der Waals surface area contributed by atoms with Gasteiger partial charge in [-0.15, -0.1) is 0 Å². The van der Waals surface area contributed by atoms with E-state index in [4.69, 9.17) is 0 Å². The fraction of sp³-hybridized carbons (Fsp3) is 0.571. The van der Waals surface area contributed by atoms with Crippen molar-refractivity contribution in [1.82, 2.24) is 14.3 Å². The van der Waals surface area contributed by atoms with Gasteiger partial charge in [-0.25, -0.2) is 21.6 Å². The van der Waals surface area contributed by atoms with Crippen LogP contribution in [0.5, 0.6) is 0 Å². The maximum Gasteiger partial charge on any atom is 0.243 e. The zero-order chi connectivity index (χ0) is 16.7. The summed E-state index contributed by atoms with van der Waals surface area (Å²) in [7, 11) is -5.62. The Balaban J connectivity index is 1.80. The highest BCUT2D eigenvalue weighted by Crippen LogP contribution is 2.24. The Morgan fingerprint density at radius 1 is 1.04 bits per heavy atom. The third kappa shape index (κ3) is 3.58. The Morgan fingerprint density at radius 2 is 1.65 bits per heavy atom. The van der Waals surface area contributed by atoms with Gasteiger partial charge in [0, 0.05) is 25.7 Å². The van der Waals surface area contributed by atoms with E-state index in [9.17, 15) is 16.8 Å². The first-order valence-corrected chi connectivity index (χ1v) is 10.5. The van der Waals surface area contributed by atoms with Crippen LogP contribution in [-0.4, -0.2) is 53.4 Å². The maximum atomic E-state index is 12.6. The van der Waals surface area contributed by atoms with E-state index in [1.165, 1.54) is 28.6 Å². The number of sulfonamides is 2. The van der Waals surface area contributed by atoms with Crippen LogP contribution in [0.3, 0.4) is 0 Å². The highest BCUT2D eigenvalue weighted by molar-refractivity contribution is 7.89. The van der Waals surface area contributed by atoms with E-state index in [0.29, 0.717) is 6.54 Å². The molecule has 1 aromatic carbocycles. The maximum absolute atomic E-state index is 12.6. The third-order valence-corrected chi connectivity index (χ3v) is 7.72. The molecule has 0 aromatic heterocycles. The molecule has 1 aliphatic carbocycles. The van der Waals surface area contributed by atoms with Crippen LogP contribution in [0.15, 0.2) is 34.1 Å². The second kappa shape index (κ2) is 6.14. The number of nitrogens with zero attached hydrogens (tertiary/aromatic N) is 1. The predicted octanol–water partition coefficient (Wildman–Crippen LogP) is 0.110. The van der Waals surface area contributed by atoms with Gasteiger partial charge in [0.15, 0.2) is 0 Å². The Kier molecular flexibility index (Phi) is 4.49. The smallest absolute Gasteiger partial charge is 0.243 e. The number of rotatable bonds is 6. The average Bonchev–Trinajstić information content (AvgIpc) is 3.15. The third-order valence-electron chi connectivity index (χ3n) is 4.26. The number of hydrogen-bond donors (Lipinski definition) is 2. The van der Waals surface area contributed by atoms with E-state index in [-0.39, 0.29) is 21.9 Å². The summed E-state index contributed by atoms with van der Waals surface area (Å²) in [5, 5.41) is 3.14. The number of benzene rings is 1. The summed E-state index contributed by atoms with van der Waals surface area (Å²) in [6.45, 7) is 1.43. The fourth-order valence-electron chi connectivity index (χ4n) is 2.59. The van der Waals surface area contributed by atoms with E-state index in [2.05, 4.69) is 10.0 Å². The average molecular weight is 359 g/mol. The summed E-state index contributed by atoms with van der Waals surface area (Å²) in [6, 6.07) is 5.35. The molecule has 1 aliphatic heterocycles. The molecule has 128 valence electrons. The molecule has 0 bridgehead atoms.